The van der Waals surface area contributed by atoms with Gasteiger partial charge in [0.25, 0.3) is 0 Å². The minimum atomic E-state index is -0.338. The number of anilines is 1. The van der Waals surface area contributed by atoms with Crippen LogP contribution in [0.5, 0.6) is 5.75 Å². The van der Waals surface area contributed by atoms with Crippen LogP contribution in [0.3, 0.4) is 0 Å². The molecule has 0 unspecified atom stereocenters. The maximum Gasteiger partial charge on any atom is 0.337 e. The zero-order chi connectivity index (χ0) is 20.2. The van der Waals surface area contributed by atoms with E-state index in [0.717, 1.165) is 47.0 Å². The van der Waals surface area contributed by atoms with E-state index in [9.17, 15) is 4.79 Å². The summed E-state index contributed by atoms with van der Waals surface area (Å²) in [5.74, 6) is 2.24. The molecule has 0 saturated carbocycles. The molecule has 1 saturated heterocycles. The number of ether oxygens (including phenoxy) is 2. The fraction of sp³-hybridized carbons (Fsp3) is 0.333. The van der Waals surface area contributed by atoms with Gasteiger partial charge in [-0.1, -0.05) is 31.2 Å². The molecule has 150 valence electrons. The highest BCUT2D eigenvalue weighted by Crippen LogP contribution is 2.29. The molecule has 0 amide bonds. The number of aromatic nitrogens is 1. The maximum atomic E-state index is 11.6. The Morgan fingerprint density at radius 1 is 1.07 bits per heavy atom. The Balaban J connectivity index is 1.52. The summed E-state index contributed by atoms with van der Waals surface area (Å²) in [5, 5.41) is 1.07. The number of rotatable bonds is 5. The number of fused-ring (bicyclic) bond motifs is 1. The van der Waals surface area contributed by atoms with Crippen molar-refractivity contribution in [1.82, 2.24) is 4.98 Å². The van der Waals surface area contributed by atoms with E-state index in [1.54, 1.807) is 12.1 Å². The van der Waals surface area contributed by atoms with Gasteiger partial charge < -0.3 is 14.4 Å². The molecule has 5 nitrogen and oxygen atoms in total. The highest BCUT2D eigenvalue weighted by Gasteiger charge is 2.17. The average Bonchev–Trinajstić information content (AvgIpc) is 2.77. The highest BCUT2D eigenvalue weighted by atomic mass is 16.5. The zero-order valence-corrected chi connectivity index (χ0v) is 16.9. The number of pyridine rings is 1. The Morgan fingerprint density at radius 3 is 2.55 bits per heavy atom. The SMILES string of the molecule is COC(=O)c1ccc(COc2cccc3ccc(N4CCC(C)CC4)nc23)cc1. The van der Waals surface area contributed by atoms with E-state index < -0.39 is 0 Å². The Kier molecular flexibility index (Phi) is 5.65. The van der Waals surface area contributed by atoms with Crippen LogP contribution in [0.4, 0.5) is 5.82 Å². The van der Waals surface area contributed by atoms with Crippen LogP contribution in [-0.2, 0) is 11.3 Å². The lowest BCUT2D eigenvalue weighted by atomic mass is 9.99. The van der Waals surface area contributed by atoms with Crippen molar-refractivity contribution in [3.05, 3.63) is 65.7 Å². The van der Waals surface area contributed by atoms with Crippen molar-refractivity contribution in [2.75, 3.05) is 25.1 Å². The number of nitrogens with zero attached hydrogens (tertiary/aromatic N) is 2. The van der Waals surface area contributed by atoms with Crippen molar-refractivity contribution in [1.29, 1.82) is 0 Å². The van der Waals surface area contributed by atoms with Crippen LogP contribution in [0, 0.1) is 5.92 Å². The largest absolute Gasteiger partial charge is 0.487 e. The van der Waals surface area contributed by atoms with E-state index in [0.29, 0.717) is 12.2 Å². The first-order valence-electron chi connectivity index (χ1n) is 10.1. The summed E-state index contributed by atoms with van der Waals surface area (Å²) in [6.07, 6.45) is 2.42. The number of hydrogen-bond donors (Lipinski definition) is 0. The van der Waals surface area contributed by atoms with Crippen molar-refractivity contribution in [2.45, 2.75) is 26.4 Å². The monoisotopic (exact) mass is 390 g/mol. The molecule has 0 N–H and O–H groups in total. The van der Waals surface area contributed by atoms with Crippen molar-refractivity contribution in [2.24, 2.45) is 5.92 Å². The van der Waals surface area contributed by atoms with Gasteiger partial charge in [0.1, 0.15) is 23.7 Å². The fourth-order valence-corrected chi connectivity index (χ4v) is 3.66. The van der Waals surface area contributed by atoms with Crippen LogP contribution in [0.2, 0.25) is 0 Å². The normalized spacial score (nSPS) is 14.8. The van der Waals surface area contributed by atoms with E-state index in [-0.39, 0.29) is 5.97 Å². The first kappa shape index (κ1) is 19.2. The Bertz CT molecular complexity index is 993. The number of benzene rings is 2. The zero-order valence-electron chi connectivity index (χ0n) is 16.9. The second-order valence-electron chi connectivity index (χ2n) is 7.64. The number of esters is 1. The molecule has 0 bridgehead atoms. The number of hydrogen-bond acceptors (Lipinski definition) is 5. The standard InChI is InChI=1S/C24H26N2O3/c1-17-12-14-26(15-13-17)22-11-10-19-4-3-5-21(23(19)25-22)29-16-18-6-8-20(9-7-18)24(27)28-2/h3-11,17H,12-16H2,1-2H3. The fourth-order valence-electron chi connectivity index (χ4n) is 3.66. The summed E-state index contributed by atoms with van der Waals surface area (Å²) < 4.78 is 10.8. The van der Waals surface area contributed by atoms with Crippen LogP contribution in [0.25, 0.3) is 10.9 Å². The van der Waals surface area contributed by atoms with E-state index in [1.807, 2.05) is 24.3 Å². The second-order valence-corrected chi connectivity index (χ2v) is 7.64. The predicted octanol–water partition coefficient (Wildman–Crippen LogP) is 4.84. The Hall–Kier alpha value is -3.08. The van der Waals surface area contributed by atoms with E-state index in [2.05, 4.69) is 30.0 Å². The number of carbonyl (C=O) groups excluding carboxylic acids is 1. The smallest absolute Gasteiger partial charge is 0.337 e. The molecule has 0 aliphatic carbocycles. The molecule has 0 atom stereocenters. The van der Waals surface area contributed by atoms with Gasteiger partial charge in [-0.3, -0.25) is 0 Å². The summed E-state index contributed by atoms with van der Waals surface area (Å²) in [7, 11) is 1.38. The number of carbonyl (C=O) groups is 1. The van der Waals surface area contributed by atoms with Gasteiger partial charge in [0, 0.05) is 18.5 Å². The van der Waals surface area contributed by atoms with Gasteiger partial charge in [-0.05, 0) is 54.7 Å². The topological polar surface area (TPSA) is 51.7 Å². The summed E-state index contributed by atoms with van der Waals surface area (Å²) in [4.78, 5) is 18.9. The van der Waals surface area contributed by atoms with Gasteiger partial charge in [0.2, 0.25) is 0 Å². The van der Waals surface area contributed by atoms with Crippen LogP contribution in [0.1, 0.15) is 35.7 Å². The molecule has 5 heteroatoms. The van der Waals surface area contributed by atoms with Crippen LogP contribution in [-0.4, -0.2) is 31.2 Å². The quantitative estimate of drug-likeness (QED) is 0.584. The number of piperidine rings is 1. The lowest BCUT2D eigenvalue weighted by Gasteiger charge is -2.31. The molecule has 0 radical (unpaired) electrons. The van der Waals surface area contributed by atoms with E-state index in [1.165, 1.54) is 20.0 Å². The second kappa shape index (κ2) is 8.52. The van der Waals surface area contributed by atoms with Gasteiger partial charge in [-0.2, -0.15) is 0 Å². The molecular formula is C24H26N2O3. The Morgan fingerprint density at radius 2 is 1.83 bits per heavy atom. The van der Waals surface area contributed by atoms with Gasteiger partial charge in [-0.15, -0.1) is 0 Å². The molecule has 2 heterocycles. The van der Waals surface area contributed by atoms with Crippen LogP contribution < -0.4 is 9.64 Å². The third-order valence-corrected chi connectivity index (χ3v) is 5.55. The molecule has 3 aromatic rings. The summed E-state index contributed by atoms with van der Waals surface area (Å²) in [6.45, 7) is 4.83. The first-order chi connectivity index (χ1) is 14.1. The molecule has 1 aliphatic rings. The molecular weight excluding hydrogens is 364 g/mol. The highest BCUT2D eigenvalue weighted by molar-refractivity contribution is 5.89. The minimum Gasteiger partial charge on any atom is -0.487 e. The third kappa shape index (κ3) is 4.34. The minimum absolute atomic E-state index is 0.338. The molecule has 1 aromatic heterocycles. The van der Waals surface area contributed by atoms with Crippen molar-refractivity contribution < 1.29 is 14.3 Å². The number of methoxy groups -OCH3 is 1. The van der Waals surface area contributed by atoms with Crippen molar-refractivity contribution >= 4 is 22.7 Å². The van der Waals surface area contributed by atoms with Crippen molar-refractivity contribution in [3.63, 3.8) is 0 Å². The summed E-state index contributed by atoms with van der Waals surface area (Å²) >= 11 is 0. The molecule has 1 aliphatic heterocycles. The van der Waals surface area contributed by atoms with E-state index >= 15 is 0 Å². The maximum absolute atomic E-state index is 11.6. The Labute approximate surface area is 171 Å². The van der Waals surface area contributed by atoms with Gasteiger partial charge in [0.15, 0.2) is 0 Å². The van der Waals surface area contributed by atoms with Gasteiger partial charge in [-0.25, -0.2) is 9.78 Å². The van der Waals surface area contributed by atoms with Gasteiger partial charge >= 0.3 is 5.97 Å². The molecule has 1 fully saturated rings. The molecule has 2 aromatic carbocycles. The first-order valence-corrected chi connectivity index (χ1v) is 10.1. The van der Waals surface area contributed by atoms with Crippen LogP contribution >= 0.6 is 0 Å². The predicted molar refractivity (Wildman–Crippen MR) is 114 cm³/mol. The van der Waals surface area contributed by atoms with E-state index in [4.69, 9.17) is 14.5 Å². The molecule has 29 heavy (non-hydrogen) atoms. The third-order valence-electron chi connectivity index (χ3n) is 5.55. The summed E-state index contributed by atoms with van der Waals surface area (Å²) in [5.41, 5.74) is 2.40. The van der Waals surface area contributed by atoms with Crippen LogP contribution in [0.15, 0.2) is 54.6 Å². The average molecular weight is 390 g/mol. The molecule has 0 spiro atoms. The van der Waals surface area contributed by atoms with Gasteiger partial charge in [0.05, 0.1) is 12.7 Å². The summed E-state index contributed by atoms with van der Waals surface area (Å²) in [6, 6.07) is 17.5. The lowest BCUT2D eigenvalue weighted by Crippen LogP contribution is -2.33. The lowest BCUT2D eigenvalue weighted by molar-refractivity contribution is 0.0600. The number of para-hydroxylation sites is 1. The van der Waals surface area contributed by atoms with Crippen molar-refractivity contribution in [3.8, 4) is 5.75 Å². The molecule has 4 rings (SSSR count).